The number of carbonyl (C=O) groups is 4. The Morgan fingerprint density at radius 1 is 1.12 bits per heavy atom. The minimum absolute atomic E-state index is 0.0804. The Morgan fingerprint density at radius 3 is 2.39 bits per heavy atom. The van der Waals surface area contributed by atoms with Crippen LogP contribution < -0.4 is 11.1 Å². The average Bonchev–Trinajstić information content (AvgIpc) is 3.20. The Balaban J connectivity index is 1.90. The Morgan fingerprint density at radius 2 is 1.79 bits per heavy atom. The van der Waals surface area contributed by atoms with E-state index in [2.05, 4.69) is 10.3 Å². The summed E-state index contributed by atoms with van der Waals surface area (Å²) in [6.07, 6.45) is 0. The number of aryl methyl sites for hydroxylation is 1. The van der Waals surface area contributed by atoms with Crippen LogP contribution in [0.2, 0.25) is 0 Å². The van der Waals surface area contributed by atoms with Crippen LogP contribution in [-0.4, -0.2) is 40.9 Å². The van der Waals surface area contributed by atoms with Crippen molar-refractivity contribution < 1.29 is 23.9 Å². The molecule has 0 aliphatic carbocycles. The predicted molar refractivity (Wildman–Crippen MR) is 129 cm³/mol. The lowest BCUT2D eigenvalue weighted by molar-refractivity contribution is -0.139. The van der Waals surface area contributed by atoms with E-state index in [1.807, 2.05) is 34.6 Å². The highest BCUT2D eigenvalue weighted by Crippen LogP contribution is 2.27. The summed E-state index contributed by atoms with van der Waals surface area (Å²) in [4.78, 5) is 54.0. The van der Waals surface area contributed by atoms with Crippen molar-refractivity contribution in [2.45, 2.75) is 53.1 Å². The van der Waals surface area contributed by atoms with Crippen LogP contribution in [0.5, 0.6) is 0 Å². The van der Waals surface area contributed by atoms with E-state index < -0.39 is 23.9 Å². The zero-order valence-corrected chi connectivity index (χ0v) is 21.3. The Labute approximate surface area is 201 Å². The summed E-state index contributed by atoms with van der Waals surface area (Å²) in [6, 6.07) is 3.41. The molecule has 0 bridgehead atoms. The van der Waals surface area contributed by atoms with Crippen molar-refractivity contribution in [3.63, 3.8) is 0 Å². The summed E-state index contributed by atoms with van der Waals surface area (Å²) >= 11 is 2.29. The lowest BCUT2D eigenvalue weighted by Crippen LogP contribution is -2.34. The molecule has 2 amide bonds. The van der Waals surface area contributed by atoms with Crippen LogP contribution in [0.4, 0.5) is 0 Å². The van der Waals surface area contributed by atoms with Gasteiger partial charge in [-0.25, -0.2) is 4.98 Å². The molecule has 178 valence electrons. The summed E-state index contributed by atoms with van der Waals surface area (Å²) in [5.41, 5.74) is 7.63. The van der Waals surface area contributed by atoms with E-state index in [1.54, 1.807) is 19.1 Å². The minimum Gasteiger partial charge on any atom is -0.457 e. The van der Waals surface area contributed by atoms with Gasteiger partial charge in [-0.1, -0.05) is 32.5 Å². The third kappa shape index (κ3) is 7.13. The number of thiophene rings is 1. The highest BCUT2D eigenvalue weighted by atomic mass is 32.2. The summed E-state index contributed by atoms with van der Waals surface area (Å²) in [5.74, 6) is -1.73. The number of rotatable bonds is 9. The topological polar surface area (TPSA) is 128 Å². The molecule has 0 atom stereocenters. The number of aromatic nitrogens is 1. The third-order valence-electron chi connectivity index (χ3n) is 4.94. The maximum Gasteiger partial charge on any atom is 0.316 e. The van der Waals surface area contributed by atoms with E-state index in [0.717, 1.165) is 33.5 Å². The van der Waals surface area contributed by atoms with Gasteiger partial charge in [0.05, 0.1) is 22.7 Å². The first-order valence-corrected chi connectivity index (χ1v) is 12.1. The number of Topliss-reactive ketones (excluding diaryl/α,β-unsaturated/α-hetero) is 1. The number of ether oxygens (including phenoxy) is 1. The molecule has 2 aromatic rings. The minimum atomic E-state index is -0.610. The van der Waals surface area contributed by atoms with Gasteiger partial charge >= 0.3 is 5.97 Å². The van der Waals surface area contributed by atoms with Gasteiger partial charge in [-0.2, -0.15) is 0 Å². The van der Waals surface area contributed by atoms with Gasteiger partial charge in [0, 0.05) is 16.0 Å². The first-order chi connectivity index (χ1) is 15.3. The molecule has 8 nitrogen and oxygen atoms in total. The lowest BCUT2D eigenvalue weighted by atomic mass is 9.96. The van der Waals surface area contributed by atoms with Gasteiger partial charge in [-0.05, 0) is 44.0 Å². The van der Waals surface area contributed by atoms with Crippen molar-refractivity contribution in [2.24, 2.45) is 11.1 Å². The van der Waals surface area contributed by atoms with Crippen molar-refractivity contribution in [1.29, 1.82) is 0 Å². The van der Waals surface area contributed by atoms with Crippen LogP contribution in [-0.2, 0) is 20.9 Å². The zero-order chi connectivity index (χ0) is 24.9. The molecule has 0 saturated heterocycles. The number of ketones is 1. The maximum atomic E-state index is 12.4. The zero-order valence-electron chi connectivity index (χ0n) is 19.7. The number of primary amides is 1. The molecule has 0 aliphatic rings. The highest BCUT2D eigenvalue weighted by Gasteiger charge is 2.22. The molecule has 33 heavy (non-hydrogen) atoms. The first-order valence-electron chi connectivity index (χ1n) is 10.3. The molecule has 0 radical (unpaired) electrons. The molecule has 3 N–H and O–H groups in total. The number of pyridine rings is 1. The van der Waals surface area contributed by atoms with Gasteiger partial charge in [0.25, 0.3) is 5.91 Å². The monoisotopic (exact) mass is 491 g/mol. The number of hydrogen-bond donors (Lipinski definition) is 2. The lowest BCUT2D eigenvalue weighted by Gasteiger charge is -2.17. The van der Waals surface area contributed by atoms with Crippen LogP contribution in [0.3, 0.4) is 0 Å². The number of nitrogens with one attached hydrogen (secondary N) is 1. The van der Waals surface area contributed by atoms with E-state index in [0.29, 0.717) is 16.4 Å². The third-order valence-corrected chi connectivity index (χ3v) is 7.02. The Kier molecular flexibility index (Phi) is 8.79. The van der Waals surface area contributed by atoms with Crippen LogP contribution >= 0.6 is 23.1 Å². The van der Waals surface area contributed by atoms with Crippen molar-refractivity contribution in [3.8, 4) is 0 Å². The SMILES string of the molecule is Cc1nc(SCC(=O)OCC(=O)c2ccc(CNC(=O)C(C)(C)C)s2)c(C(N)=O)c(C)c1C. The second-order valence-electron chi connectivity index (χ2n) is 8.56. The molecule has 0 spiro atoms. The summed E-state index contributed by atoms with van der Waals surface area (Å²) < 4.78 is 5.10. The van der Waals surface area contributed by atoms with Crippen molar-refractivity contribution >= 4 is 46.7 Å². The van der Waals surface area contributed by atoms with Gasteiger partial charge in [0.2, 0.25) is 11.7 Å². The fourth-order valence-corrected chi connectivity index (χ4v) is 4.56. The second kappa shape index (κ2) is 10.9. The Hall–Kier alpha value is -2.72. The van der Waals surface area contributed by atoms with Gasteiger partial charge < -0.3 is 15.8 Å². The molecule has 0 unspecified atom stereocenters. The standard InChI is InChI=1S/C23H29N3O5S2/c1-12-13(2)19(20(24)29)21(26-14(12)3)32-11-18(28)31-10-16(27)17-8-7-15(33-17)9-25-22(30)23(4,5)6/h7-8H,9-11H2,1-6H3,(H2,24,29)(H,25,30). The number of hydrogen-bond acceptors (Lipinski definition) is 8. The number of carbonyl (C=O) groups excluding carboxylic acids is 4. The molecule has 2 aromatic heterocycles. The molecular formula is C23H29N3O5S2. The molecule has 0 saturated carbocycles. The molecule has 2 heterocycles. The van der Waals surface area contributed by atoms with E-state index in [9.17, 15) is 19.2 Å². The van der Waals surface area contributed by atoms with Gasteiger partial charge in [0.15, 0.2) is 6.61 Å². The quantitative estimate of drug-likeness (QED) is 0.313. The normalized spacial score (nSPS) is 11.2. The fraction of sp³-hybridized carbons (Fsp3) is 0.435. The molecule has 2 rings (SSSR count). The van der Waals surface area contributed by atoms with E-state index in [1.165, 1.54) is 11.3 Å². The smallest absolute Gasteiger partial charge is 0.316 e. The van der Waals surface area contributed by atoms with Crippen LogP contribution in [0.25, 0.3) is 0 Å². The number of nitrogens with two attached hydrogens (primary N) is 1. The largest absolute Gasteiger partial charge is 0.457 e. The Bertz CT molecular complexity index is 1090. The van der Waals surface area contributed by atoms with E-state index in [4.69, 9.17) is 10.5 Å². The number of thioether (sulfide) groups is 1. The summed E-state index contributed by atoms with van der Waals surface area (Å²) in [5, 5.41) is 3.20. The van der Waals surface area contributed by atoms with Gasteiger partial charge in [-0.3, -0.25) is 19.2 Å². The molecule has 10 heteroatoms. The fourth-order valence-electron chi connectivity index (χ4n) is 2.75. The van der Waals surface area contributed by atoms with E-state index >= 15 is 0 Å². The predicted octanol–water partition coefficient (Wildman–Crippen LogP) is 3.35. The maximum absolute atomic E-state index is 12.4. The van der Waals surface area contributed by atoms with Gasteiger partial charge in [-0.15, -0.1) is 11.3 Å². The number of nitrogens with zero attached hydrogens (tertiary/aromatic N) is 1. The molecule has 0 aromatic carbocycles. The highest BCUT2D eigenvalue weighted by molar-refractivity contribution is 8.00. The number of amides is 2. The van der Waals surface area contributed by atoms with E-state index in [-0.39, 0.29) is 23.0 Å². The second-order valence-corrected chi connectivity index (χ2v) is 10.7. The number of esters is 1. The van der Waals surface area contributed by atoms with Crippen LogP contribution in [0.1, 0.15) is 62.5 Å². The average molecular weight is 492 g/mol. The van der Waals surface area contributed by atoms with Gasteiger partial charge in [0.1, 0.15) is 5.03 Å². The van der Waals surface area contributed by atoms with Crippen molar-refractivity contribution in [2.75, 3.05) is 12.4 Å². The van der Waals surface area contributed by atoms with Crippen molar-refractivity contribution in [3.05, 3.63) is 44.3 Å². The van der Waals surface area contributed by atoms with Crippen LogP contribution in [0.15, 0.2) is 17.2 Å². The molecular weight excluding hydrogens is 462 g/mol. The first kappa shape index (κ1) is 26.5. The molecule has 0 fully saturated rings. The molecule has 0 aliphatic heterocycles. The summed E-state index contributed by atoms with van der Waals surface area (Å²) in [7, 11) is 0. The van der Waals surface area contributed by atoms with Crippen LogP contribution in [0, 0.1) is 26.2 Å². The summed E-state index contributed by atoms with van der Waals surface area (Å²) in [6.45, 7) is 10.9. The van der Waals surface area contributed by atoms with Crippen molar-refractivity contribution in [1.82, 2.24) is 10.3 Å².